The number of Topliss-reactive ketones (excluding diaryl/α,β-unsaturated/α-hetero) is 2. The van der Waals surface area contributed by atoms with Crippen LogP contribution >= 0.6 is 0 Å². The zero-order valence-corrected chi connectivity index (χ0v) is 14.4. The maximum absolute atomic E-state index is 12.2. The molecule has 1 amide bonds. The van der Waals surface area contributed by atoms with Crippen molar-refractivity contribution in [3.05, 3.63) is 71.4 Å². The molecule has 2 N–H and O–H groups in total. The molecule has 0 aromatic heterocycles. The number of nitriles is 1. The summed E-state index contributed by atoms with van der Waals surface area (Å²) in [6, 6.07) is 14.9. The van der Waals surface area contributed by atoms with Crippen molar-refractivity contribution in [1.82, 2.24) is 0 Å². The molecule has 0 aliphatic carbocycles. The van der Waals surface area contributed by atoms with E-state index >= 15 is 0 Å². The smallest absolute Gasteiger partial charge is 0.267 e. The van der Waals surface area contributed by atoms with Crippen molar-refractivity contribution in [2.24, 2.45) is 0 Å². The second-order valence-electron chi connectivity index (χ2n) is 5.54. The van der Waals surface area contributed by atoms with E-state index in [1.165, 1.54) is 20.0 Å². The summed E-state index contributed by atoms with van der Waals surface area (Å²) in [4.78, 5) is 34.8. The predicted molar refractivity (Wildman–Crippen MR) is 98.8 cm³/mol. The fourth-order valence-corrected chi connectivity index (χ4v) is 2.12. The highest BCUT2D eigenvalue weighted by molar-refractivity contribution is 6.07. The molecular formula is C20H17N3O3. The fraction of sp³-hybridized carbons (Fsp3) is 0.100. The second-order valence-corrected chi connectivity index (χ2v) is 5.54. The molecule has 2 aromatic carbocycles. The Morgan fingerprint density at radius 3 is 2.15 bits per heavy atom. The van der Waals surface area contributed by atoms with Gasteiger partial charge in [0.1, 0.15) is 11.6 Å². The Bertz CT molecular complexity index is 922. The summed E-state index contributed by atoms with van der Waals surface area (Å²) in [6.07, 6.45) is 1.28. The maximum Gasteiger partial charge on any atom is 0.267 e. The van der Waals surface area contributed by atoms with E-state index < -0.39 is 5.91 Å². The van der Waals surface area contributed by atoms with E-state index in [4.69, 9.17) is 0 Å². The first-order valence-corrected chi connectivity index (χ1v) is 7.81. The van der Waals surface area contributed by atoms with Gasteiger partial charge in [-0.2, -0.15) is 5.26 Å². The van der Waals surface area contributed by atoms with Crippen LogP contribution in [0.15, 0.2) is 60.3 Å². The highest BCUT2D eigenvalue weighted by atomic mass is 16.1. The number of ketones is 2. The fourth-order valence-electron chi connectivity index (χ4n) is 2.12. The second kappa shape index (κ2) is 8.40. The van der Waals surface area contributed by atoms with Gasteiger partial charge in [-0.1, -0.05) is 12.1 Å². The molecule has 6 heteroatoms. The van der Waals surface area contributed by atoms with E-state index in [9.17, 15) is 19.6 Å². The van der Waals surface area contributed by atoms with Crippen LogP contribution in [0.4, 0.5) is 11.4 Å². The van der Waals surface area contributed by atoms with Crippen molar-refractivity contribution < 1.29 is 14.4 Å². The SMILES string of the molecule is CC(=O)c1ccc(NC(=O)/C(C#N)=C\Nc2cccc(C(C)=O)c2)cc1. The van der Waals surface area contributed by atoms with Crippen molar-refractivity contribution in [3.8, 4) is 6.07 Å². The highest BCUT2D eigenvalue weighted by Gasteiger charge is 2.10. The number of benzene rings is 2. The van der Waals surface area contributed by atoms with E-state index in [-0.39, 0.29) is 17.1 Å². The number of rotatable bonds is 6. The summed E-state index contributed by atoms with van der Waals surface area (Å²) in [6.45, 7) is 2.91. The van der Waals surface area contributed by atoms with Gasteiger partial charge in [0.2, 0.25) is 0 Å². The predicted octanol–water partition coefficient (Wildman–Crippen LogP) is 3.55. The maximum atomic E-state index is 12.2. The Labute approximate surface area is 151 Å². The van der Waals surface area contributed by atoms with E-state index in [1.807, 2.05) is 6.07 Å². The van der Waals surface area contributed by atoms with E-state index in [2.05, 4.69) is 10.6 Å². The molecule has 0 unspecified atom stereocenters. The number of nitrogens with one attached hydrogen (secondary N) is 2. The van der Waals surface area contributed by atoms with Crippen LogP contribution in [-0.4, -0.2) is 17.5 Å². The summed E-state index contributed by atoms with van der Waals surface area (Å²) in [5, 5.41) is 14.6. The van der Waals surface area contributed by atoms with Gasteiger partial charge in [0.25, 0.3) is 5.91 Å². The third kappa shape index (κ3) is 4.89. The quantitative estimate of drug-likeness (QED) is 0.473. The highest BCUT2D eigenvalue weighted by Crippen LogP contribution is 2.13. The van der Waals surface area contributed by atoms with Gasteiger partial charge < -0.3 is 10.6 Å². The average Bonchev–Trinajstić information content (AvgIpc) is 2.63. The van der Waals surface area contributed by atoms with E-state index in [0.29, 0.717) is 22.5 Å². The molecule has 0 aliphatic rings. The van der Waals surface area contributed by atoms with Gasteiger partial charge in [-0.3, -0.25) is 14.4 Å². The number of hydrogen-bond donors (Lipinski definition) is 2. The van der Waals surface area contributed by atoms with Crippen LogP contribution in [0, 0.1) is 11.3 Å². The zero-order valence-electron chi connectivity index (χ0n) is 14.4. The first-order chi connectivity index (χ1) is 12.4. The first kappa shape index (κ1) is 18.6. The summed E-state index contributed by atoms with van der Waals surface area (Å²) < 4.78 is 0. The van der Waals surface area contributed by atoms with Gasteiger partial charge in [0.05, 0.1) is 0 Å². The number of carbonyl (C=O) groups is 3. The lowest BCUT2D eigenvalue weighted by molar-refractivity contribution is -0.112. The van der Waals surface area contributed by atoms with Crippen LogP contribution < -0.4 is 10.6 Å². The topological polar surface area (TPSA) is 99.1 Å². The van der Waals surface area contributed by atoms with Crippen molar-refractivity contribution in [3.63, 3.8) is 0 Å². The number of hydrogen-bond acceptors (Lipinski definition) is 5. The summed E-state index contributed by atoms with van der Waals surface area (Å²) in [5.41, 5.74) is 1.99. The van der Waals surface area contributed by atoms with Crippen LogP contribution in [0.1, 0.15) is 34.6 Å². The molecular weight excluding hydrogens is 330 g/mol. The molecule has 2 rings (SSSR count). The number of anilines is 2. The molecule has 26 heavy (non-hydrogen) atoms. The average molecular weight is 347 g/mol. The van der Waals surface area contributed by atoms with Crippen LogP contribution in [0.5, 0.6) is 0 Å². The molecule has 0 saturated heterocycles. The minimum atomic E-state index is -0.585. The molecule has 0 saturated carbocycles. The molecule has 2 aromatic rings. The van der Waals surface area contributed by atoms with Crippen LogP contribution in [0.25, 0.3) is 0 Å². The van der Waals surface area contributed by atoms with Crippen LogP contribution in [0.3, 0.4) is 0 Å². The Balaban J connectivity index is 2.09. The van der Waals surface area contributed by atoms with Crippen molar-refractivity contribution in [1.29, 1.82) is 5.26 Å². The number of nitrogens with zero attached hydrogens (tertiary/aromatic N) is 1. The molecule has 0 atom stereocenters. The van der Waals surface area contributed by atoms with Gasteiger partial charge in [-0.25, -0.2) is 0 Å². The van der Waals surface area contributed by atoms with Gasteiger partial charge in [0.15, 0.2) is 11.6 Å². The monoisotopic (exact) mass is 347 g/mol. The molecule has 130 valence electrons. The molecule has 0 heterocycles. The minimum absolute atomic E-state index is 0.0718. The Kier molecular flexibility index (Phi) is 6.01. The van der Waals surface area contributed by atoms with Gasteiger partial charge >= 0.3 is 0 Å². The van der Waals surface area contributed by atoms with Crippen molar-refractivity contribution >= 4 is 28.8 Å². The van der Waals surface area contributed by atoms with Crippen molar-refractivity contribution in [2.75, 3.05) is 10.6 Å². The summed E-state index contributed by atoms with van der Waals surface area (Å²) >= 11 is 0. The minimum Gasteiger partial charge on any atom is -0.360 e. The largest absolute Gasteiger partial charge is 0.360 e. The summed E-state index contributed by atoms with van der Waals surface area (Å²) in [5.74, 6) is -0.735. The molecule has 0 bridgehead atoms. The third-order valence-electron chi connectivity index (χ3n) is 3.57. The van der Waals surface area contributed by atoms with Crippen LogP contribution in [-0.2, 0) is 4.79 Å². The lowest BCUT2D eigenvalue weighted by Gasteiger charge is -2.06. The Morgan fingerprint density at radius 1 is 0.923 bits per heavy atom. The standard InChI is InChI=1S/C20H17N3O3/c1-13(24)15-6-8-18(9-7-15)23-20(26)17(11-21)12-22-19-5-3-4-16(10-19)14(2)25/h3-10,12,22H,1-2H3,(H,23,26)/b17-12-. The molecule has 0 aliphatic heterocycles. The Hall–Kier alpha value is -3.72. The molecule has 0 radical (unpaired) electrons. The normalized spacial score (nSPS) is 10.6. The molecule has 0 fully saturated rings. The summed E-state index contributed by atoms with van der Waals surface area (Å²) in [7, 11) is 0. The Morgan fingerprint density at radius 2 is 1.58 bits per heavy atom. The van der Waals surface area contributed by atoms with Gasteiger partial charge in [-0.15, -0.1) is 0 Å². The number of carbonyl (C=O) groups excluding carboxylic acids is 3. The zero-order chi connectivity index (χ0) is 19.1. The van der Waals surface area contributed by atoms with Crippen LogP contribution in [0.2, 0.25) is 0 Å². The first-order valence-electron chi connectivity index (χ1n) is 7.81. The van der Waals surface area contributed by atoms with Crippen molar-refractivity contribution in [2.45, 2.75) is 13.8 Å². The lowest BCUT2D eigenvalue weighted by atomic mass is 10.1. The third-order valence-corrected chi connectivity index (χ3v) is 3.57. The van der Waals surface area contributed by atoms with E-state index in [0.717, 1.165) is 0 Å². The van der Waals surface area contributed by atoms with E-state index in [1.54, 1.807) is 48.5 Å². The van der Waals surface area contributed by atoms with Gasteiger partial charge in [0, 0.05) is 28.7 Å². The molecule has 0 spiro atoms. The molecule has 6 nitrogen and oxygen atoms in total. The number of amides is 1. The lowest BCUT2D eigenvalue weighted by Crippen LogP contribution is -2.14. The van der Waals surface area contributed by atoms with Gasteiger partial charge in [-0.05, 0) is 50.2 Å².